The van der Waals surface area contributed by atoms with E-state index in [0.29, 0.717) is 12.6 Å². The summed E-state index contributed by atoms with van der Waals surface area (Å²) in [6.07, 6.45) is 9.13. The third-order valence-corrected chi connectivity index (χ3v) is 4.14. The molecule has 3 heteroatoms. The average molecular weight is 238 g/mol. The Labute approximate surface area is 105 Å². The second kappa shape index (κ2) is 6.39. The Hall–Kier alpha value is -0.570. The van der Waals surface area contributed by atoms with Gasteiger partial charge in [0.05, 0.1) is 6.54 Å². The van der Waals surface area contributed by atoms with E-state index in [1.807, 2.05) is 0 Å². The lowest BCUT2D eigenvalue weighted by Crippen LogP contribution is -2.35. The summed E-state index contributed by atoms with van der Waals surface area (Å²) < 4.78 is 0. The summed E-state index contributed by atoms with van der Waals surface area (Å²) in [4.78, 5) is 11.5. The lowest BCUT2D eigenvalue weighted by molar-refractivity contribution is -0.120. The fourth-order valence-electron chi connectivity index (χ4n) is 2.62. The molecule has 0 saturated heterocycles. The molecule has 0 spiro atoms. The molecule has 0 atom stereocenters. The fraction of sp³-hybridized carbons (Fsp3) is 0.929. The smallest absolute Gasteiger partial charge is 0.233 e. The average Bonchev–Trinajstić information content (AvgIpc) is 3.13. The summed E-state index contributed by atoms with van der Waals surface area (Å²) >= 11 is 0. The van der Waals surface area contributed by atoms with Crippen molar-refractivity contribution in [1.82, 2.24) is 10.6 Å². The van der Waals surface area contributed by atoms with Gasteiger partial charge in [-0.15, -0.1) is 0 Å². The van der Waals surface area contributed by atoms with Crippen molar-refractivity contribution < 1.29 is 4.79 Å². The van der Waals surface area contributed by atoms with Gasteiger partial charge in [0.25, 0.3) is 0 Å². The van der Waals surface area contributed by atoms with Crippen molar-refractivity contribution >= 4 is 5.91 Å². The van der Waals surface area contributed by atoms with E-state index in [0.717, 1.165) is 18.4 Å². The van der Waals surface area contributed by atoms with Crippen molar-refractivity contribution in [2.45, 2.75) is 57.9 Å². The quantitative estimate of drug-likeness (QED) is 0.744. The SMILES string of the molecule is CC1CCC(CCNC(=O)CNC2CC2)CC1. The minimum atomic E-state index is 0.168. The molecule has 0 radical (unpaired) electrons. The van der Waals surface area contributed by atoms with E-state index in [1.165, 1.54) is 44.9 Å². The molecular formula is C14H26N2O. The zero-order valence-corrected chi connectivity index (χ0v) is 11.0. The fourth-order valence-corrected chi connectivity index (χ4v) is 2.62. The zero-order chi connectivity index (χ0) is 12.1. The highest BCUT2D eigenvalue weighted by molar-refractivity contribution is 5.78. The van der Waals surface area contributed by atoms with E-state index in [4.69, 9.17) is 0 Å². The third kappa shape index (κ3) is 5.07. The molecular weight excluding hydrogens is 212 g/mol. The molecule has 0 aliphatic heterocycles. The lowest BCUT2D eigenvalue weighted by Gasteiger charge is -2.26. The number of nitrogens with one attached hydrogen (secondary N) is 2. The molecule has 0 bridgehead atoms. The van der Waals surface area contributed by atoms with Crippen LogP contribution in [0.5, 0.6) is 0 Å². The molecule has 2 rings (SSSR count). The van der Waals surface area contributed by atoms with Gasteiger partial charge in [0.2, 0.25) is 5.91 Å². The van der Waals surface area contributed by atoms with Crippen LogP contribution in [0.2, 0.25) is 0 Å². The van der Waals surface area contributed by atoms with E-state index >= 15 is 0 Å². The molecule has 0 heterocycles. The summed E-state index contributed by atoms with van der Waals surface area (Å²) in [5.74, 6) is 1.94. The monoisotopic (exact) mass is 238 g/mol. The molecule has 1 amide bonds. The summed E-state index contributed by atoms with van der Waals surface area (Å²) in [5, 5.41) is 6.26. The maximum atomic E-state index is 11.5. The highest BCUT2D eigenvalue weighted by Crippen LogP contribution is 2.29. The van der Waals surface area contributed by atoms with Crippen LogP contribution in [0.25, 0.3) is 0 Å². The Morgan fingerprint density at radius 1 is 1.12 bits per heavy atom. The van der Waals surface area contributed by atoms with Crippen LogP contribution in [0, 0.1) is 11.8 Å². The first-order valence-electron chi connectivity index (χ1n) is 7.24. The summed E-state index contributed by atoms with van der Waals surface area (Å²) in [6, 6.07) is 0.626. The molecule has 2 aliphatic rings. The first kappa shape index (κ1) is 12.9. The molecule has 2 saturated carbocycles. The van der Waals surface area contributed by atoms with E-state index in [2.05, 4.69) is 17.6 Å². The Morgan fingerprint density at radius 3 is 2.47 bits per heavy atom. The van der Waals surface area contributed by atoms with E-state index in [1.54, 1.807) is 0 Å². The first-order valence-corrected chi connectivity index (χ1v) is 7.24. The number of carbonyl (C=O) groups is 1. The highest BCUT2D eigenvalue weighted by atomic mass is 16.1. The largest absolute Gasteiger partial charge is 0.355 e. The van der Waals surface area contributed by atoms with Crippen LogP contribution in [0.3, 0.4) is 0 Å². The van der Waals surface area contributed by atoms with Gasteiger partial charge in [0.1, 0.15) is 0 Å². The van der Waals surface area contributed by atoms with Gasteiger partial charge in [-0.05, 0) is 31.1 Å². The Morgan fingerprint density at radius 2 is 1.82 bits per heavy atom. The van der Waals surface area contributed by atoms with Crippen LogP contribution in [-0.2, 0) is 4.79 Å². The molecule has 0 aromatic heterocycles. The standard InChI is InChI=1S/C14H26N2O/c1-11-2-4-12(5-3-11)8-9-15-14(17)10-16-13-6-7-13/h11-13,16H,2-10H2,1H3,(H,15,17). The summed E-state index contributed by atoms with van der Waals surface area (Å²) in [6.45, 7) is 3.72. The topological polar surface area (TPSA) is 41.1 Å². The second-order valence-electron chi connectivity index (χ2n) is 5.92. The van der Waals surface area contributed by atoms with E-state index in [-0.39, 0.29) is 5.91 Å². The molecule has 98 valence electrons. The molecule has 3 nitrogen and oxygen atoms in total. The zero-order valence-electron chi connectivity index (χ0n) is 11.0. The van der Waals surface area contributed by atoms with Crippen LogP contribution < -0.4 is 10.6 Å². The van der Waals surface area contributed by atoms with Gasteiger partial charge in [-0.25, -0.2) is 0 Å². The number of hydrogen-bond acceptors (Lipinski definition) is 2. The Balaban J connectivity index is 1.48. The minimum absolute atomic E-state index is 0.168. The van der Waals surface area contributed by atoms with Crippen molar-refractivity contribution in [3.05, 3.63) is 0 Å². The van der Waals surface area contributed by atoms with Crippen LogP contribution in [-0.4, -0.2) is 25.0 Å². The van der Waals surface area contributed by atoms with Crippen molar-refractivity contribution in [2.75, 3.05) is 13.1 Å². The van der Waals surface area contributed by atoms with Gasteiger partial charge in [-0.3, -0.25) is 4.79 Å². The number of amides is 1. The van der Waals surface area contributed by atoms with Crippen LogP contribution >= 0.6 is 0 Å². The molecule has 2 fully saturated rings. The predicted octanol–water partition coefficient (Wildman–Crippen LogP) is 2.07. The molecule has 17 heavy (non-hydrogen) atoms. The van der Waals surface area contributed by atoms with Crippen molar-refractivity contribution in [1.29, 1.82) is 0 Å². The van der Waals surface area contributed by atoms with Crippen LogP contribution in [0.4, 0.5) is 0 Å². The maximum absolute atomic E-state index is 11.5. The molecule has 0 aromatic carbocycles. The van der Waals surface area contributed by atoms with Gasteiger partial charge >= 0.3 is 0 Å². The number of rotatable bonds is 6. The maximum Gasteiger partial charge on any atom is 0.233 e. The predicted molar refractivity (Wildman–Crippen MR) is 69.8 cm³/mol. The van der Waals surface area contributed by atoms with Gasteiger partial charge in [-0.1, -0.05) is 32.6 Å². The van der Waals surface area contributed by atoms with E-state index < -0.39 is 0 Å². The third-order valence-electron chi connectivity index (χ3n) is 4.14. The van der Waals surface area contributed by atoms with Crippen molar-refractivity contribution in [2.24, 2.45) is 11.8 Å². The van der Waals surface area contributed by atoms with Gasteiger partial charge in [0.15, 0.2) is 0 Å². The molecule has 0 unspecified atom stereocenters. The molecule has 2 N–H and O–H groups in total. The normalized spacial score (nSPS) is 29.0. The number of carbonyl (C=O) groups excluding carboxylic acids is 1. The summed E-state index contributed by atoms with van der Waals surface area (Å²) in [7, 11) is 0. The van der Waals surface area contributed by atoms with Crippen LogP contribution in [0.15, 0.2) is 0 Å². The van der Waals surface area contributed by atoms with Gasteiger partial charge < -0.3 is 10.6 Å². The van der Waals surface area contributed by atoms with Crippen molar-refractivity contribution in [3.63, 3.8) is 0 Å². The first-order chi connectivity index (χ1) is 8.24. The number of hydrogen-bond donors (Lipinski definition) is 2. The highest BCUT2D eigenvalue weighted by Gasteiger charge is 2.21. The van der Waals surface area contributed by atoms with Gasteiger partial charge in [0, 0.05) is 12.6 Å². The van der Waals surface area contributed by atoms with Crippen molar-refractivity contribution in [3.8, 4) is 0 Å². The van der Waals surface area contributed by atoms with Crippen LogP contribution in [0.1, 0.15) is 51.9 Å². The minimum Gasteiger partial charge on any atom is -0.355 e. The second-order valence-corrected chi connectivity index (χ2v) is 5.92. The van der Waals surface area contributed by atoms with Gasteiger partial charge in [-0.2, -0.15) is 0 Å². The molecule has 0 aromatic rings. The lowest BCUT2D eigenvalue weighted by atomic mass is 9.81. The molecule has 2 aliphatic carbocycles. The Bertz CT molecular complexity index is 243. The Kier molecular flexibility index (Phi) is 4.84. The summed E-state index contributed by atoms with van der Waals surface area (Å²) in [5.41, 5.74) is 0. The van der Waals surface area contributed by atoms with E-state index in [9.17, 15) is 4.79 Å².